The van der Waals surface area contributed by atoms with E-state index in [1.54, 1.807) is 0 Å². The van der Waals surface area contributed by atoms with E-state index < -0.39 is 0 Å². The molecule has 4 heteroatoms. The van der Waals surface area contributed by atoms with E-state index in [0.29, 0.717) is 6.73 Å². The van der Waals surface area contributed by atoms with E-state index in [2.05, 4.69) is 10.6 Å². The van der Waals surface area contributed by atoms with Gasteiger partial charge in [0.05, 0.1) is 12.8 Å². The normalized spacial score (nSPS) is 28.9. The van der Waals surface area contributed by atoms with E-state index >= 15 is 0 Å². The summed E-state index contributed by atoms with van der Waals surface area (Å²) >= 11 is 0. The van der Waals surface area contributed by atoms with Crippen molar-refractivity contribution in [3.8, 4) is 0 Å². The predicted octanol–water partition coefficient (Wildman–Crippen LogP) is 0.235. The molecule has 1 amide bonds. The van der Waals surface area contributed by atoms with Crippen molar-refractivity contribution >= 4 is 5.91 Å². The topological polar surface area (TPSA) is 50.4 Å². The SMILES string of the molecule is C[C@H]1OCN[C@@H]1C(=O)NC(C)(C)C. The molecule has 1 rings (SSSR count). The summed E-state index contributed by atoms with van der Waals surface area (Å²) in [7, 11) is 0. The Morgan fingerprint density at radius 2 is 2.15 bits per heavy atom. The van der Waals surface area contributed by atoms with Crippen LogP contribution in [0, 0.1) is 0 Å². The van der Waals surface area contributed by atoms with Crippen molar-refractivity contribution in [2.45, 2.75) is 45.4 Å². The summed E-state index contributed by atoms with van der Waals surface area (Å²) in [6.07, 6.45) is -0.0395. The number of hydrogen-bond acceptors (Lipinski definition) is 3. The van der Waals surface area contributed by atoms with Crippen LogP contribution in [-0.2, 0) is 9.53 Å². The Hall–Kier alpha value is -0.610. The first-order chi connectivity index (χ1) is 5.90. The highest BCUT2D eigenvalue weighted by atomic mass is 16.5. The third-order valence-electron chi connectivity index (χ3n) is 1.90. The molecule has 0 aromatic heterocycles. The third kappa shape index (κ3) is 2.97. The van der Waals surface area contributed by atoms with Gasteiger partial charge in [-0.25, -0.2) is 0 Å². The zero-order chi connectivity index (χ0) is 10.1. The Labute approximate surface area is 79.0 Å². The number of carbonyl (C=O) groups excluding carboxylic acids is 1. The van der Waals surface area contributed by atoms with Crippen molar-refractivity contribution in [1.82, 2.24) is 10.6 Å². The lowest BCUT2D eigenvalue weighted by Gasteiger charge is -2.23. The fraction of sp³-hybridized carbons (Fsp3) is 0.889. The molecule has 1 aliphatic rings. The molecule has 0 aromatic carbocycles. The maximum Gasteiger partial charge on any atom is 0.240 e. The average molecular weight is 186 g/mol. The molecule has 1 fully saturated rings. The maximum absolute atomic E-state index is 11.6. The second-order valence-electron chi connectivity index (χ2n) is 4.44. The van der Waals surface area contributed by atoms with E-state index in [-0.39, 0.29) is 23.6 Å². The van der Waals surface area contributed by atoms with Gasteiger partial charge < -0.3 is 10.1 Å². The minimum Gasteiger partial charge on any atom is -0.361 e. The predicted molar refractivity (Wildman–Crippen MR) is 50.2 cm³/mol. The van der Waals surface area contributed by atoms with Crippen molar-refractivity contribution in [2.24, 2.45) is 0 Å². The Balaban J connectivity index is 2.48. The summed E-state index contributed by atoms with van der Waals surface area (Å²) in [6.45, 7) is 8.25. The van der Waals surface area contributed by atoms with Gasteiger partial charge in [-0.3, -0.25) is 10.1 Å². The van der Waals surface area contributed by atoms with E-state index in [9.17, 15) is 4.79 Å². The van der Waals surface area contributed by atoms with Gasteiger partial charge in [-0.2, -0.15) is 0 Å². The van der Waals surface area contributed by atoms with Gasteiger partial charge in [0.2, 0.25) is 5.91 Å². The summed E-state index contributed by atoms with van der Waals surface area (Å²) in [5.74, 6) is 0.0116. The number of carbonyl (C=O) groups is 1. The third-order valence-corrected chi connectivity index (χ3v) is 1.90. The number of rotatable bonds is 1. The van der Waals surface area contributed by atoms with E-state index in [4.69, 9.17) is 4.74 Å². The smallest absolute Gasteiger partial charge is 0.240 e. The molecule has 1 heterocycles. The van der Waals surface area contributed by atoms with Crippen molar-refractivity contribution < 1.29 is 9.53 Å². The second-order valence-corrected chi connectivity index (χ2v) is 4.44. The molecule has 4 nitrogen and oxygen atoms in total. The van der Waals surface area contributed by atoms with Gasteiger partial charge in [0, 0.05) is 5.54 Å². The quantitative estimate of drug-likeness (QED) is 0.616. The maximum atomic E-state index is 11.6. The molecule has 0 saturated carbocycles. The van der Waals surface area contributed by atoms with Crippen LogP contribution in [0.15, 0.2) is 0 Å². The number of hydrogen-bond donors (Lipinski definition) is 2. The molecule has 0 bridgehead atoms. The zero-order valence-corrected chi connectivity index (χ0v) is 8.68. The molecule has 0 radical (unpaired) electrons. The van der Waals surface area contributed by atoms with Crippen molar-refractivity contribution in [3.63, 3.8) is 0 Å². The minimum absolute atomic E-state index is 0.0116. The summed E-state index contributed by atoms with van der Waals surface area (Å²) < 4.78 is 5.23. The standard InChI is InChI=1S/C9H18N2O2/c1-6-7(10-5-13-6)8(12)11-9(2,3)4/h6-7,10H,5H2,1-4H3,(H,11,12)/t6-,7+/m1/s1. The highest BCUT2D eigenvalue weighted by Crippen LogP contribution is 2.07. The Morgan fingerprint density at radius 1 is 1.54 bits per heavy atom. The summed E-state index contributed by atoms with van der Waals surface area (Å²) in [4.78, 5) is 11.6. The first kappa shape index (κ1) is 10.5. The lowest BCUT2D eigenvalue weighted by atomic mass is 10.1. The molecule has 1 aliphatic heterocycles. The second kappa shape index (κ2) is 3.64. The van der Waals surface area contributed by atoms with Gasteiger partial charge in [-0.15, -0.1) is 0 Å². The van der Waals surface area contributed by atoms with Gasteiger partial charge in [-0.05, 0) is 27.7 Å². The van der Waals surface area contributed by atoms with Crippen molar-refractivity contribution in [1.29, 1.82) is 0 Å². The lowest BCUT2D eigenvalue weighted by Crippen LogP contribution is -2.51. The fourth-order valence-corrected chi connectivity index (χ4v) is 1.28. The molecular weight excluding hydrogens is 168 g/mol. The molecule has 0 spiro atoms. The van der Waals surface area contributed by atoms with Crippen LogP contribution in [0.25, 0.3) is 0 Å². The Morgan fingerprint density at radius 3 is 2.54 bits per heavy atom. The molecule has 2 N–H and O–H groups in total. The average Bonchev–Trinajstić information content (AvgIpc) is 2.30. The lowest BCUT2D eigenvalue weighted by molar-refractivity contribution is -0.125. The highest BCUT2D eigenvalue weighted by molar-refractivity contribution is 5.83. The van der Waals surface area contributed by atoms with Crippen LogP contribution in [0.1, 0.15) is 27.7 Å². The number of amides is 1. The first-order valence-corrected chi connectivity index (χ1v) is 4.57. The largest absolute Gasteiger partial charge is 0.361 e. The van der Waals surface area contributed by atoms with Crippen LogP contribution in [0.2, 0.25) is 0 Å². The van der Waals surface area contributed by atoms with Crippen molar-refractivity contribution in [3.05, 3.63) is 0 Å². The van der Waals surface area contributed by atoms with Crippen LogP contribution in [0.4, 0.5) is 0 Å². The summed E-state index contributed by atoms with van der Waals surface area (Å²) in [5, 5.41) is 5.90. The summed E-state index contributed by atoms with van der Waals surface area (Å²) in [6, 6.07) is -0.209. The summed E-state index contributed by atoms with van der Waals surface area (Å²) in [5.41, 5.74) is -0.179. The van der Waals surface area contributed by atoms with Gasteiger partial charge in [0.25, 0.3) is 0 Å². The fourth-order valence-electron chi connectivity index (χ4n) is 1.28. The van der Waals surface area contributed by atoms with Gasteiger partial charge in [0.1, 0.15) is 6.04 Å². The van der Waals surface area contributed by atoms with Crippen LogP contribution in [0.3, 0.4) is 0 Å². The Kier molecular flexibility index (Phi) is 2.93. The molecule has 13 heavy (non-hydrogen) atoms. The van der Waals surface area contributed by atoms with Crippen LogP contribution in [-0.4, -0.2) is 30.3 Å². The molecule has 0 aromatic rings. The molecule has 1 saturated heterocycles. The van der Waals surface area contributed by atoms with E-state index in [0.717, 1.165) is 0 Å². The minimum atomic E-state index is -0.209. The monoisotopic (exact) mass is 186 g/mol. The van der Waals surface area contributed by atoms with Gasteiger partial charge in [-0.1, -0.05) is 0 Å². The van der Waals surface area contributed by atoms with Crippen LogP contribution < -0.4 is 10.6 Å². The van der Waals surface area contributed by atoms with Crippen LogP contribution >= 0.6 is 0 Å². The van der Waals surface area contributed by atoms with E-state index in [1.165, 1.54) is 0 Å². The number of ether oxygens (including phenoxy) is 1. The molecule has 76 valence electrons. The first-order valence-electron chi connectivity index (χ1n) is 4.57. The molecular formula is C9H18N2O2. The van der Waals surface area contributed by atoms with Gasteiger partial charge >= 0.3 is 0 Å². The van der Waals surface area contributed by atoms with Crippen molar-refractivity contribution in [2.75, 3.05) is 6.73 Å². The number of nitrogens with one attached hydrogen (secondary N) is 2. The molecule has 0 aliphatic carbocycles. The van der Waals surface area contributed by atoms with E-state index in [1.807, 2.05) is 27.7 Å². The molecule has 0 unspecified atom stereocenters. The molecule has 2 atom stereocenters. The van der Waals surface area contributed by atoms with Gasteiger partial charge in [0.15, 0.2) is 0 Å². The Bertz CT molecular complexity index is 198. The highest BCUT2D eigenvalue weighted by Gasteiger charge is 2.31. The zero-order valence-electron chi connectivity index (χ0n) is 8.68. The van der Waals surface area contributed by atoms with Crippen LogP contribution in [0.5, 0.6) is 0 Å².